The lowest BCUT2D eigenvalue weighted by molar-refractivity contribution is -0.137. The van der Waals surface area contributed by atoms with Crippen LogP contribution in [0.2, 0.25) is 0 Å². The standard InChI is InChI=1S/C19H15F3N4O2/c20-19(21,22)14-6-3-5-12(9-14)16-23-18(26-25-16)24-17(27)13-8-11-4-1-2-7-15(11)28-10-13/h1-7,9,13H,8,10H2,(H2,23,24,25,26,27). The maximum absolute atomic E-state index is 12.9. The van der Waals surface area contributed by atoms with Gasteiger partial charge in [-0.2, -0.15) is 18.2 Å². The van der Waals surface area contributed by atoms with Gasteiger partial charge in [-0.25, -0.2) is 0 Å². The Morgan fingerprint density at radius 2 is 2.00 bits per heavy atom. The van der Waals surface area contributed by atoms with E-state index in [0.717, 1.165) is 23.4 Å². The van der Waals surface area contributed by atoms with Crippen LogP contribution in [0, 0.1) is 5.92 Å². The minimum absolute atomic E-state index is 0.00345. The summed E-state index contributed by atoms with van der Waals surface area (Å²) in [5, 5.41) is 9.01. The first-order valence-corrected chi connectivity index (χ1v) is 8.52. The van der Waals surface area contributed by atoms with Gasteiger partial charge in [0, 0.05) is 5.56 Å². The van der Waals surface area contributed by atoms with E-state index in [2.05, 4.69) is 20.5 Å². The number of H-pyrrole nitrogens is 1. The average molecular weight is 388 g/mol. The summed E-state index contributed by atoms with van der Waals surface area (Å²) >= 11 is 0. The highest BCUT2D eigenvalue weighted by atomic mass is 19.4. The number of amides is 1. The molecule has 144 valence electrons. The van der Waals surface area contributed by atoms with E-state index in [-0.39, 0.29) is 29.9 Å². The predicted octanol–water partition coefficient (Wildman–Crippen LogP) is 3.68. The molecule has 1 aliphatic rings. The van der Waals surface area contributed by atoms with Crippen molar-refractivity contribution < 1.29 is 22.7 Å². The van der Waals surface area contributed by atoms with E-state index in [4.69, 9.17) is 4.74 Å². The Morgan fingerprint density at radius 3 is 2.82 bits per heavy atom. The van der Waals surface area contributed by atoms with Gasteiger partial charge in [-0.15, -0.1) is 5.10 Å². The van der Waals surface area contributed by atoms with Crippen molar-refractivity contribution in [1.82, 2.24) is 15.2 Å². The first-order valence-electron chi connectivity index (χ1n) is 8.52. The second-order valence-electron chi connectivity index (χ2n) is 6.40. The summed E-state index contributed by atoms with van der Waals surface area (Å²) in [7, 11) is 0. The fraction of sp³-hybridized carbons (Fsp3) is 0.211. The summed E-state index contributed by atoms with van der Waals surface area (Å²) in [6.45, 7) is 0.230. The van der Waals surface area contributed by atoms with Crippen molar-refractivity contribution >= 4 is 11.9 Å². The molecule has 1 aromatic heterocycles. The molecule has 0 bridgehead atoms. The van der Waals surface area contributed by atoms with Gasteiger partial charge in [0.2, 0.25) is 11.9 Å². The number of halogens is 3. The van der Waals surface area contributed by atoms with Gasteiger partial charge in [-0.05, 0) is 30.2 Å². The van der Waals surface area contributed by atoms with Crippen LogP contribution < -0.4 is 10.1 Å². The highest BCUT2D eigenvalue weighted by molar-refractivity contribution is 5.91. The summed E-state index contributed by atoms with van der Waals surface area (Å²) in [5.74, 6) is 0.161. The molecule has 28 heavy (non-hydrogen) atoms. The van der Waals surface area contributed by atoms with Crippen molar-refractivity contribution in [3.05, 3.63) is 59.7 Å². The average Bonchev–Trinajstić information content (AvgIpc) is 3.15. The zero-order chi connectivity index (χ0) is 19.7. The third-order valence-corrected chi connectivity index (χ3v) is 4.43. The number of hydrogen-bond donors (Lipinski definition) is 2. The fourth-order valence-corrected chi connectivity index (χ4v) is 3.00. The maximum Gasteiger partial charge on any atom is 0.416 e. The van der Waals surface area contributed by atoms with Crippen molar-refractivity contribution in [3.8, 4) is 17.1 Å². The number of nitrogens with zero attached hydrogens (tertiary/aromatic N) is 2. The Balaban J connectivity index is 1.46. The van der Waals surface area contributed by atoms with Crippen LogP contribution in [0.25, 0.3) is 11.4 Å². The van der Waals surface area contributed by atoms with Crippen LogP contribution in [-0.4, -0.2) is 27.7 Å². The number of carbonyl (C=O) groups is 1. The van der Waals surface area contributed by atoms with Gasteiger partial charge in [-0.3, -0.25) is 15.2 Å². The molecule has 1 amide bonds. The van der Waals surface area contributed by atoms with Crippen LogP contribution in [-0.2, 0) is 17.4 Å². The quantitative estimate of drug-likeness (QED) is 0.717. The van der Waals surface area contributed by atoms with Gasteiger partial charge in [0.1, 0.15) is 12.4 Å². The monoisotopic (exact) mass is 388 g/mol. The number of fused-ring (bicyclic) bond motifs is 1. The molecule has 1 unspecified atom stereocenters. The molecule has 4 rings (SSSR count). The van der Waals surface area contributed by atoms with E-state index >= 15 is 0 Å². The largest absolute Gasteiger partial charge is 0.492 e. The minimum atomic E-state index is -4.45. The SMILES string of the molecule is O=C(Nc1n[nH]c(-c2cccc(C(F)(F)F)c2)n1)C1COc2ccccc2C1. The van der Waals surface area contributed by atoms with E-state index in [0.29, 0.717) is 6.42 Å². The molecular weight excluding hydrogens is 373 g/mol. The molecular formula is C19H15F3N4O2. The van der Waals surface area contributed by atoms with Crippen LogP contribution in [0.15, 0.2) is 48.5 Å². The molecule has 3 aromatic rings. The molecule has 0 radical (unpaired) electrons. The zero-order valence-corrected chi connectivity index (χ0v) is 14.5. The summed E-state index contributed by atoms with van der Waals surface area (Å²) in [6, 6.07) is 12.2. The normalized spacial score (nSPS) is 16.2. The summed E-state index contributed by atoms with van der Waals surface area (Å²) in [6.07, 6.45) is -3.93. The lowest BCUT2D eigenvalue weighted by Crippen LogP contribution is -2.32. The van der Waals surface area contributed by atoms with Crippen LogP contribution >= 0.6 is 0 Å². The molecule has 1 atom stereocenters. The Labute approximate surface area is 157 Å². The van der Waals surface area contributed by atoms with E-state index < -0.39 is 17.7 Å². The first-order chi connectivity index (χ1) is 13.4. The number of aromatic nitrogens is 3. The van der Waals surface area contributed by atoms with Gasteiger partial charge in [0.25, 0.3) is 0 Å². The number of rotatable bonds is 3. The molecule has 1 aliphatic heterocycles. The first kappa shape index (κ1) is 18.0. The highest BCUT2D eigenvalue weighted by Gasteiger charge is 2.31. The number of nitrogens with one attached hydrogen (secondary N) is 2. The summed E-state index contributed by atoms with van der Waals surface area (Å²) < 4.78 is 44.2. The number of ether oxygens (including phenoxy) is 1. The molecule has 2 heterocycles. The molecule has 0 spiro atoms. The second kappa shape index (κ2) is 6.99. The molecule has 2 aromatic carbocycles. The van der Waals surface area contributed by atoms with Crippen molar-refractivity contribution in [2.45, 2.75) is 12.6 Å². The highest BCUT2D eigenvalue weighted by Crippen LogP contribution is 2.31. The van der Waals surface area contributed by atoms with Gasteiger partial charge in [-0.1, -0.05) is 30.3 Å². The van der Waals surface area contributed by atoms with Crippen molar-refractivity contribution in [2.24, 2.45) is 5.92 Å². The smallest absolute Gasteiger partial charge is 0.416 e. The molecule has 0 saturated carbocycles. The minimum Gasteiger partial charge on any atom is -0.492 e. The van der Waals surface area contributed by atoms with Gasteiger partial charge in [0.05, 0.1) is 11.5 Å². The molecule has 6 nitrogen and oxygen atoms in total. The third-order valence-electron chi connectivity index (χ3n) is 4.43. The van der Waals surface area contributed by atoms with Crippen molar-refractivity contribution in [2.75, 3.05) is 11.9 Å². The van der Waals surface area contributed by atoms with E-state index in [1.807, 2.05) is 24.3 Å². The Morgan fingerprint density at radius 1 is 1.18 bits per heavy atom. The van der Waals surface area contributed by atoms with Crippen LogP contribution in [0.1, 0.15) is 11.1 Å². The fourth-order valence-electron chi connectivity index (χ4n) is 3.00. The second-order valence-corrected chi connectivity index (χ2v) is 6.40. The van der Waals surface area contributed by atoms with E-state index in [1.165, 1.54) is 12.1 Å². The number of anilines is 1. The summed E-state index contributed by atoms with van der Waals surface area (Å²) in [4.78, 5) is 16.6. The number of aromatic amines is 1. The lowest BCUT2D eigenvalue weighted by Gasteiger charge is -2.23. The van der Waals surface area contributed by atoms with E-state index in [9.17, 15) is 18.0 Å². The van der Waals surface area contributed by atoms with Crippen LogP contribution in [0.3, 0.4) is 0 Å². The lowest BCUT2D eigenvalue weighted by atomic mass is 9.96. The third kappa shape index (κ3) is 3.68. The molecule has 0 fully saturated rings. The predicted molar refractivity (Wildman–Crippen MR) is 94.6 cm³/mol. The maximum atomic E-state index is 12.9. The number of carbonyl (C=O) groups excluding carboxylic acids is 1. The molecule has 0 saturated heterocycles. The topological polar surface area (TPSA) is 79.9 Å². The van der Waals surface area contributed by atoms with Crippen molar-refractivity contribution in [3.63, 3.8) is 0 Å². The van der Waals surface area contributed by atoms with Crippen molar-refractivity contribution in [1.29, 1.82) is 0 Å². The van der Waals surface area contributed by atoms with E-state index in [1.54, 1.807) is 0 Å². The zero-order valence-electron chi connectivity index (χ0n) is 14.5. The molecule has 9 heteroatoms. The number of alkyl halides is 3. The number of para-hydroxylation sites is 1. The molecule has 0 aliphatic carbocycles. The summed E-state index contributed by atoms with van der Waals surface area (Å²) in [5.41, 5.74) is 0.372. The molecule has 2 N–H and O–H groups in total. The van der Waals surface area contributed by atoms with Gasteiger partial charge < -0.3 is 4.74 Å². The Kier molecular flexibility index (Phi) is 4.50. The van der Waals surface area contributed by atoms with Crippen LogP contribution in [0.5, 0.6) is 5.75 Å². The Bertz CT molecular complexity index is 1020. The Hall–Kier alpha value is -3.36. The number of hydrogen-bond acceptors (Lipinski definition) is 4. The number of benzene rings is 2. The van der Waals surface area contributed by atoms with Crippen LogP contribution in [0.4, 0.5) is 19.1 Å². The van der Waals surface area contributed by atoms with Gasteiger partial charge >= 0.3 is 6.18 Å². The van der Waals surface area contributed by atoms with Gasteiger partial charge in [0.15, 0.2) is 5.82 Å².